The molecule has 0 N–H and O–H groups in total. The minimum absolute atomic E-state index is 0.661. The predicted octanol–water partition coefficient (Wildman–Crippen LogP) is 14.0. The van der Waals surface area contributed by atoms with Crippen LogP contribution in [-0.2, 0) is 0 Å². The van der Waals surface area contributed by atoms with Gasteiger partial charge < -0.3 is 4.57 Å². The van der Waals surface area contributed by atoms with Crippen LogP contribution in [0.3, 0.4) is 0 Å². The fourth-order valence-electron chi connectivity index (χ4n) is 8.81. The van der Waals surface area contributed by atoms with Gasteiger partial charge in [-0.25, -0.2) is 9.97 Å². The Morgan fingerprint density at radius 1 is 0.404 bits per heavy atom. The first-order valence-corrected chi connectivity index (χ1v) is 20.1. The molecule has 0 radical (unpaired) electrons. The maximum atomic E-state index is 5.48. The Morgan fingerprint density at radius 2 is 1.07 bits per heavy atom. The number of hydrogen-bond donors (Lipinski definition) is 0. The van der Waals surface area contributed by atoms with Crippen molar-refractivity contribution in [3.8, 4) is 44.5 Å². The Labute approximate surface area is 332 Å². The number of hydrogen-bond acceptors (Lipinski definition) is 3. The molecule has 0 unspecified atom stereocenters. The van der Waals surface area contributed by atoms with Crippen LogP contribution in [0.5, 0.6) is 0 Å². The van der Waals surface area contributed by atoms with Crippen molar-refractivity contribution in [2.75, 3.05) is 0 Å². The van der Waals surface area contributed by atoms with Crippen molar-refractivity contribution in [1.29, 1.82) is 0 Å². The van der Waals surface area contributed by atoms with E-state index in [2.05, 4.69) is 203 Å². The van der Waals surface area contributed by atoms with Gasteiger partial charge in [0.25, 0.3) is 0 Å². The lowest BCUT2D eigenvalue weighted by Crippen LogP contribution is -2.03. The van der Waals surface area contributed by atoms with Gasteiger partial charge in [-0.2, -0.15) is 0 Å². The first-order valence-electron chi connectivity index (χ1n) is 19.3. The lowest BCUT2D eigenvalue weighted by atomic mass is 9.99. The molecule has 4 heterocycles. The van der Waals surface area contributed by atoms with Crippen LogP contribution < -0.4 is 0 Å². The van der Waals surface area contributed by atoms with E-state index < -0.39 is 0 Å². The average molecular weight is 745 g/mol. The molecular formula is C52H32N4S. The van der Waals surface area contributed by atoms with E-state index in [-0.39, 0.29) is 0 Å². The molecule has 0 aliphatic heterocycles. The lowest BCUT2D eigenvalue weighted by molar-refractivity contribution is 1.02. The lowest BCUT2D eigenvalue weighted by Gasteiger charge is -2.12. The van der Waals surface area contributed by atoms with Gasteiger partial charge in [-0.15, -0.1) is 11.3 Å². The summed E-state index contributed by atoms with van der Waals surface area (Å²) in [4.78, 5) is 12.1. The second-order valence-corrected chi connectivity index (χ2v) is 15.6. The Balaban J connectivity index is 1.16. The normalized spacial score (nSPS) is 11.9. The number of benzene rings is 8. The molecular weight excluding hydrogens is 713 g/mol. The zero-order valence-corrected chi connectivity index (χ0v) is 31.5. The fourth-order valence-corrected chi connectivity index (χ4v) is 9.92. The van der Waals surface area contributed by atoms with Gasteiger partial charge in [-0.05, 0) is 52.9 Å². The molecule has 5 heteroatoms. The summed E-state index contributed by atoms with van der Waals surface area (Å²) in [6, 6.07) is 69.6. The molecule has 0 fully saturated rings. The van der Waals surface area contributed by atoms with Gasteiger partial charge in [-0.3, -0.25) is 4.57 Å². The Kier molecular flexibility index (Phi) is 7.06. The van der Waals surface area contributed by atoms with Crippen LogP contribution in [0.15, 0.2) is 194 Å². The third-order valence-electron chi connectivity index (χ3n) is 11.3. The van der Waals surface area contributed by atoms with E-state index in [0.717, 1.165) is 49.1 Å². The number of thiophene rings is 1. The van der Waals surface area contributed by atoms with Crippen molar-refractivity contribution in [2.45, 2.75) is 0 Å². The first-order chi connectivity index (χ1) is 28.3. The highest BCUT2D eigenvalue weighted by atomic mass is 32.1. The predicted molar refractivity (Wildman–Crippen MR) is 240 cm³/mol. The zero-order valence-electron chi connectivity index (χ0n) is 30.7. The summed E-state index contributed by atoms with van der Waals surface area (Å²) in [5.74, 6) is 0.661. The molecule has 0 spiro atoms. The number of nitrogens with zero attached hydrogens (tertiary/aromatic N) is 4. The van der Waals surface area contributed by atoms with Gasteiger partial charge in [0.15, 0.2) is 0 Å². The van der Waals surface area contributed by atoms with E-state index in [0.29, 0.717) is 5.95 Å². The van der Waals surface area contributed by atoms with Gasteiger partial charge in [-0.1, -0.05) is 158 Å². The quantitative estimate of drug-likeness (QED) is 0.176. The fraction of sp³-hybridized carbons (Fsp3) is 0. The maximum absolute atomic E-state index is 5.48. The summed E-state index contributed by atoms with van der Waals surface area (Å²) in [6.45, 7) is 0. The van der Waals surface area contributed by atoms with Crippen molar-refractivity contribution in [3.63, 3.8) is 0 Å². The largest absolute Gasteiger partial charge is 0.309 e. The average Bonchev–Trinajstić information content (AvgIpc) is 3.97. The van der Waals surface area contributed by atoms with E-state index in [1.807, 2.05) is 0 Å². The monoisotopic (exact) mass is 744 g/mol. The molecule has 0 saturated heterocycles. The topological polar surface area (TPSA) is 35.6 Å². The van der Waals surface area contributed by atoms with Gasteiger partial charge in [0.05, 0.1) is 38.0 Å². The molecule has 266 valence electrons. The van der Waals surface area contributed by atoms with Crippen LogP contribution in [0.1, 0.15) is 0 Å². The summed E-state index contributed by atoms with van der Waals surface area (Å²) in [7, 11) is 0. The highest BCUT2D eigenvalue weighted by Gasteiger charge is 2.22. The molecule has 0 bridgehead atoms. The SMILES string of the molecule is c1ccc(-c2cc3nc(-n4c5ccc(-c6cccc7c8ccccc8n(-c8ccccc8)c67)cc5c5ccc6ccccc6c54)nc(-c4ccccc4)c3s2)cc1. The van der Waals surface area contributed by atoms with Crippen LogP contribution in [0.4, 0.5) is 0 Å². The minimum Gasteiger partial charge on any atom is -0.309 e. The number of rotatable bonds is 5. The third kappa shape index (κ3) is 4.93. The van der Waals surface area contributed by atoms with E-state index in [4.69, 9.17) is 9.97 Å². The van der Waals surface area contributed by atoms with Crippen LogP contribution in [0.25, 0.3) is 109 Å². The molecule has 0 amide bonds. The smallest absolute Gasteiger partial charge is 0.235 e. The molecule has 12 rings (SSSR count). The molecule has 12 aromatic rings. The molecule has 0 atom stereocenters. The van der Waals surface area contributed by atoms with Crippen molar-refractivity contribution >= 4 is 75.9 Å². The van der Waals surface area contributed by atoms with Crippen LogP contribution in [0, 0.1) is 0 Å². The van der Waals surface area contributed by atoms with Gasteiger partial charge in [0, 0.05) is 48.6 Å². The van der Waals surface area contributed by atoms with Crippen LogP contribution in [-0.4, -0.2) is 19.1 Å². The molecule has 57 heavy (non-hydrogen) atoms. The molecule has 8 aromatic carbocycles. The number of para-hydroxylation sites is 3. The highest BCUT2D eigenvalue weighted by molar-refractivity contribution is 7.22. The second-order valence-electron chi connectivity index (χ2n) is 14.6. The summed E-state index contributed by atoms with van der Waals surface area (Å²) in [5.41, 5.74) is 12.2. The highest BCUT2D eigenvalue weighted by Crippen LogP contribution is 2.43. The molecule has 0 aliphatic carbocycles. The maximum Gasteiger partial charge on any atom is 0.235 e. The van der Waals surface area contributed by atoms with Crippen molar-refractivity contribution in [1.82, 2.24) is 19.1 Å². The van der Waals surface area contributed by atoms with Crippen LogP contribution in [0.2, 0.25) is 0 Å². The van der Waals surface area contributed by atoms with Crippen molar-refractivity contribution in [2.24, 2.45) is 0 Å². The summed E-state index contributed by atoms with van der Waals surface area (Å²) < 4.78 is 5.79. The van der Waals surface area contributed by atoms with Crippen molar-refractivity contribution < 1.29 is 0 Å². The third-order valence-corrected chi connectivity index (χ3v) is 12.5. The van der Waals surface area contributed by atoms with Crippen molar-refractivity contribution in [3.05, 3.63) is 194 Å². The summed E-state index contributed by atoms with van der Waals surface area (Å²) in [6.07, 6.45) is 0. The standard InChI is InChI=1S/C52H32N4S/c1-4-16-34(17-5-1)47-32-44-51(57-47)48(35-18-6-2-7-19-35)54-52(53-44)56-46-30-28-36(31-43(46)42-29-27-33-15-10-11-22-38(33)50(42)56)39-24-14-25-41-40-23-12-13-26-45(40)55(49(39)41)37-20-8-3-9-21-37/h1-32H. The molecule has 4 nitrogen and oxygen atoms in total. The van der Waals surface area contributed by atoms with E-state index in [1.54, 1.807) is 11.3 Å². The Morgan fingerprint density at radius 3 is 1.89 bits per heavy atom. The van der Waals surface area contributed by atoms with Gasteiger partial charge in [0.2, 0.25) is 5.95 Å². The number of fused-ring (bicyclic) bond motifs is 9. The van der Waals surface area contributed by atoms with Crippen LogP contribution >= 0.6 is 11.3 Å². The second kappa shape index (κ2) is 12.6. The summed E-state index contributed by atoms with van der Waals surface area (Å²) in [5, 5.41) is 7.15. The summed E-state index contributed by atoms with van der Waals surface area (Å²) >= 11 is 1.75. The minimum atomic E-state index is 0.661. The van der Waals surface area contributed by atoms with E-state index in [1.165, 1.54) is 54.0 Å². The Bertz CT molecular complexity index is 3510. The molecule has 0 saturated carbocycles. The zero-order chi connectivity index (χ0) is 37.5. The van der Waals surface area contributed by atoms with Gasteiger partial charge >= 0.3 is 0 Å². The molecule has 0 aliphatic rings. The number of aromatic nitrogens is 4. The first kappa shape index (κ1) is 32.0. The van der Waals surface area contributed by atoms with E-state index >= 15 is 0 Å². The Hall–Kier alpha value is -7.34. The van der Waals surface area contributed by atoms with E-state index in [9.17, 15) is 0 Å². The molecule has 4 aromatic heterocycles. The van der Waals surface area contributed by atoms with Gasteiger partial charge in [0.1, 0.15) is 0 Å².